The molecule has 0 spiro atoms. The maximum Gasteiger partial charge on any atom is 0.316 e. The zero-order chi connectivity index (χ0) is 27.9. The van der Waals surface area contributed by atoms with Crippen molar-refractivity contribution in [2.24, 2.45) is 11.3 Å². The second-order valence-electron chi connectivity index (χ2n) is 11.8. The van der Waals surface area contributed by atoms with Crippen molar-refractivity contribution in [3.8, 4) is 22.6 Å². The van der Waals surface area contributed by atoms with Gasteiger partial charge in [0, 0.05) is 44.1 Å². The zero-order valence-corrected chi connectivity index (χ0v) is 24.0. The van der Waals surface area contributed by atoms with Crippen molar-refractivity contribution >= 4 is 39.9 Å². The summed E-state index contributed by atoms with van der Waals surface area (Å²) >= 11 is 6.94. The fraction of sp³-hybridized carbons (Fsp3) is 0.419. The molecular formula is C31H36ClN3O4. The van der Waals surface area contributed by atoms with Crippen LogP contribution in [0.1, 0.15) is 27.2 Å². The minimum Gasteiger partial charge on any atom is -0.478 e. The fourth-order valence-corrected chi connectivity index (χ4v) is 5.12. The van der Waals surface area contributed by atoms with Crippen molar-refractivity contribution in [1.82, 2.24) is 10.2 Å². The molecule has 3 aromatic rings. The number of amides is 1. The van der Waals surface area contributed by atoms with Gasteiger partial charge >= 0.3 is 5.97 Å². The largest absolute Gasteiger partial charge is 0.478 e. The van der Waals surface area contributed by atoms with E-state index in [-0.39, 0.29) is 11.9 Å². The van der Waals surface area contributed by atoms with Crippen LogP contribution in [-0.2, 0) is 9.59 Å². The lowest BCUT2D eigenvalue weighted by molar-refractivity contribution is -0.143. The Hall–Kier alpha value is -3.13. The van der Waals surface area contributed by atoms with Crippen LogP contribution in [0.25, 0.3) is 21.9 Å². The summed E-state index contributed by atoms with van der Waals surface area (Å²) in [5.74, 6) is 1.14. The van der Waals surface area contributed by atoms with Gasteiger partial charge in [0.1, 0.15) is 11.5 Å². The summed E-state index contributed by atoms with van der Waals surface area (Å²) in [7, 11) is 3.98. The minimum absolute atomic E-state index is 0.0263. The van der Waals surface area contributed by atoms with Gasteiger partial charge in [0.05, 0.1) is 16.1 Å². The van der Waals surface area contributed by atoms with Gasteiger partial charge in [-0.15, -0.1) is 0 Å². The van der Waals surface area contributed by atoms with E-state index in [1.807, 2.05) is 88.3 Å². The van der Waals surface area contributed by atoms with Gasteiger partial charge < -0.3 is 24.6 Å². The number of nitrogens with one attached hydrogen (secondary N) is 1. The molecule has 2 aliphatic rings. The average Bonchev–Trinajstić information content (AvgIpc) is 2.85. The summed E-state index contributed by atoms with van der Waals surface area (Å²) in [6.45, 7) is 8.62. The number of nitrogens with zero attached hydrogens (tertiary/aromatic N) is 2. The van der Waals surface area contributed by atoms with Crippen LogP contribution in [0.2, 0.25) is 5.02 Å². The zero-order valence-electron chi connectivity index (χ0n) is 23.2. The number of benzene rings is 3. The molecule has 2 aliphatic heterocycles. The lowest BCUT2D eigenvalue weighted by Crippen LogP contribution is -2.54. The van der Waals surface area contributed by atoms with E-state index in [0.717, 1.165) is 41.5 Å². The minimum atomic E-state index is -0.642. The van der Waals surface area contributed by atoms with Crippen LogP contribution in [0, 0.1) is 11.3 Å². The van der Waals surface area contributed by atoms with Crippen molar-refractivity contribution in [3.63, 3.8) is 0 Å². The monoisotopic (exact) mass is 549 g/mol. The molecule has 0 radical (unpaired) electrons. The molecule has 1 amide bonds. The van der Waals surface area contributed by atoms with Gasteiger partial charge in [0.15, 0.2) is 6.10 Å². The highest BCUT2D eigenvalue weighted by atomic mass is 35.5. The smallest absolute Gasteiger partial charge is 0.316 e. The molecule has 0 bridgehead atoms. The Bertz CT molecular complexity index is 1410. The lowest BCUT2D eigenvalue weighted by atomic mass is 9.95. The van der Waals surface area contributed by atoms with Crippen LogP contribution in [0.4, 0.5) is 5.69 Å². The van der Waals surface area contributed by atoms with Crippen LogP contribution < -0.4 is 19.7 Å². The van der Waals surface area contributed by atoms with Crippen LogP contribution in [0.15, 0.2) is 48.5 Å². The number of carbonyl (C=O) groups excluding carboxylic acids is 2. The Morgan fingerprint density at radius 1 is 1.13 bits per heavy atom. The molecule has 5 rings (SSSR count). The first-order valence-corrected chi connectivity index (χ1v) is 13.8. The van der Waals surface area contributed by atoms with E-state index in [2.05, 4.69) is 10.2 Å². The molecular weight excluding hydrogens is 514 g/mol. The predicted molar refractivity (Wildman–Crippen MR) is 156 cm³/mol. The molecule has 1 fully saturated rings. The second kappa shape index (κ2) is 10.8. The Labute approximate surface area is 235 Å². The predicted octanol–water partition coefficient (Wildman–Crippen LogP) is 5.38. The van der Waals surface area contributed by atoms with Crippen LogP contribution in [0.5, 0.6) is 11.5 Å². The number of hydrogen-bond acceptors (Lipinski definition) is 6. The lowest BCUT2D eigenvalue weighted by Gasteiger charge is -2.39. The molecule has 0 aromatic heterocycles. The first-order chi connectivity index (χ1) is 18.5. The van der Waals surface area contributed by atoms with Gasteiger partial charge in [-0.05, 0) is 75.5 Å². The molecule has 0 aliphatic carbocycles. The van der Waals surface area contributed by atoms with E-state index in [1.165, 1.54) is 0 Å². The highest BCUT2D eigenvalue weighted by molar-refractivity contribution is 6.34. The standard InChI is InChI=1S/C31H36ClN3O4/c1-31(2,3)30(37)38-21-12-20-8-6-7-9-22(20)23(13-21)24-14-28-26(15-25(24)32)35(18-19-16-33-17-19)29(36)27(39-28)10-11-34(4)5/h6-9,12-15,19,27,33H,10-11,16-18H2,1-5H3. The van der Waals surface area contributed by atoms with Crippen LogP contribution in [-0.4, -0.2) is 63.2 Å². The number of esters is 1. The maximum atomic E-state index is 13.5. The summed E-state index contributed by atoms with van der Waals surface area (Å²) < 4.78 is 12.1. The average molecular weight is 550 g/mol. The summed E-state index contributed by atoms with van der Waals surface area (Å²) in [4.78, 5) is 30.1. The molecule has 1 atom stereocenters. The molecule has 39 heavy (non-hydrogen) atoms. The second-order valence-corrected chi connectivity index (χ2v) is 12.2. The van der Waals surface area contributed by atoms with Crippen molar-refractivity contribution in [1.29, 1.82) is 0 Å². The van der Waals surface area contributed by atoms with E-state index >= 15 is 0 Å². The first-order valence-electron chi connectivity index (χ1n) is 13.4. The van der Waals surface area contributed by atoms with Crippen LogP contribution >= 0.6 is 11.6 Å². The van der Waals surface area contributed by atoms with Gasteiger partial charge in [0.25, 0.3) is 5.91 Å². The molecule has 1 saturated heterocycles. The number of anilines is 1. The third-order valence-electron chi connectivity index (χ3n) is 7.24. The van der Waals surface area contributed by atoms with Crippen molar-refractivity contribution in [3.05, 3.63) is 53.6 Å². The van der Waals surface area contributed by atoms with Crippen molar-refractivity contribution in [2.45, 2.75) is 33.3 Å². The third-order valence-corrected chi connectivity index (χ3v) is 7.56. The van der Waals surface area contributed by atoms with Gasteiger partial charge in [-0.1, -0.05) is 35.9 Å². The fourth-order valence-electron chi connectivity index (χ4n) is 4.86. The molecule has 7 nitrogen and oxygen atoms in total. The van der Waals surface area contributed by atoms with Gasteiger partial charge in [-0.25, -0.2) is 0 Å². The van der Waals surface area contributed by atoms with Gasteiger partial charge in [0.2, 0.25) is 0 Å². The number of hydrogen-bond donors (Lipinski definition) is 1. The number of halogens is 1. The Morgan fingerprint density at radius 2 is 1.87 bits per heavy atom. The van der Waals surface area contributed by atoms with E-state index in [9.17, 15) is 9.59 Å². The maximum absolute atomic E-state index is 13.5. The van der Waals surface area contributed by atoms with E-state index in [0.29, 0.717) is 41.1 Å². The molecule has 1 unspecified atom stereocenters. The Balaban J connectivity index is 1.59. The van der Waals surface area contributed by atoms with Crippen LogP contribution in [0.3, 0.4) is 0 Å². The molecule has 206 valence electrons. The highest BCUT2D eigenvalue weighted by Crippen LogP contribution is 2.45. The van der Waals surface area contributed by atoms with Crippen molar-refractivity contribution < 1.29 is 19.1 Å². The van der Waals surface area contributed by atoms with E-state index in [1.54, 1.807) is 0 Å². The normalized spacial score (nSPS) is 17.7. The Kier molecular flexibility index (Phi) is 7.60. The topological polar surface area (TPSA) is 71.1 Å². The van der Waals surface area contributed by atoms with E-state index in [4.69, 9.17) is 21.1 Å². The van der Waals surface area contributed by atoms with Crippen molar-refractivity contribution in [2.75, 3.05) is 45.2 Å². The molecule has 2 heterocycles. The summed E-state index contributed by atoms with van der Waals surface area (Å²) in [6.07, 6.45) is 0.0156. The first kappa shape index (κ1) is 27.4. The Morgan fingerprint density at radius 3 is 2.54 bits per heavy atom. The van der Waals surface area contributed by atoms with Gasteiger partial charge in [-0.3, -0.25) is 9.59 Å². The molecule has 3 aromatic carbocycles. The molecule has 1 N–H and O–H groups in total. The summed E-state index contributed by atoms with van der Waals surface area (Å²) in [6, 6.07) is 15.4. The number of carbonyl (C=O) groups is 2. The van der Waals surface area contributed by atoms with Gasteiger partial charge in [-0.2, -0.15) is 0 Å². The molecule has 0 saturated carbocycles. The molecule has 8 heteroatoms. The summed E-state index contributed by atoms with van der Waals surface area (Å²) in [5, 5.41) is 5.69. The highest BCUT2D eigenvalue weighted by Gasteiger charge is 2.37. The third kappa shape index (κ3) is 5.76. The number of ether oxygens (including phenoxy) is 2. The summed E-state index contributed by atoms with van der Waals surface area (Å²) in [5.41, 5.74) is 1.64. The quantitative estimate of drug-likeness (QED) is 0.315. The SMILES string of the molecule is CN(C)CCC1Oc2cc(-c3cc(OC(=O)C(C)(C)C)cc4ccccc34)c(Cl)cc2N(CC2CNC2)C1=O. The number of fused-ring (bicyclic) bond motifs is 2. The van der Waals surface area contributed by atoms with E-state index < -0.39 is 11.5 Å². The number of rotatable bonds is 7.